The van der Waals surface area contributed by atoms with Crippen LogP contribution in [0.4, 0.5) is 4.39 Å². The normalized spacial score (nSPS) is 9.93. The number of methoxy groups -OCH3 is 1. The number of rotatable bonds is 3. The molecule has 0 saturated heterocycles. The van der Waals surface area contributed by atoms with Crippen LogP contribution in [0.3, 0.4) is 0 Å². The number of carboxylic acids is 1. The average Bonchev–Trinajstić information content (AvgIpc) is 2.09. The number of hydrogen-bond acceptors (Lipinski definition) is 3. The summed E-state index contributed by atoms with van der Waals surface area (Å²) in [4.78, 5) is 10.7. The van der Waals surface area contributed by atoms with Crippen LogP contribution in [0.5, 0.6) is 5.75 Å². The molecule has 0 aliphatic rings. The molecule has 0 radical (unpaired) electrons. The van der Waals surface area contributed by atoms with Gasteiger partial charge >= 0.3 is 5.97 Å². The highest BCUT2D eigenvalue weighted by molar-refractivity contribution is 7.80. The van der Waals surface area contributed by atoms with E-state index < -0.39 is 11.8 Å². The minimum Gasteiger partial charge on any atom is -0.494 e. The third kappa shape index (κ3) is 2.38. The average molecular weight is 216 g/mol. The van der Waals surface area contributed by atoms with Crippen molar-refractivity contribution in [2.45, 2.75) is 11.3 Å². The molecule has 76 valence electrons. The molecule has 0 aliphatic heterocycles. The summed E-state index contributed by atoms with van der Waals surface area (Å²) in [5, 5.41) is 8.56. The van der Waals surface area contributed by atoms with Gasteiger partial charge in [-0.25, -0.2) is 4.39 Å². The van der Waals surface area contributed by atoms with Gasteiger partial charge in [-0.2, -0.15) is 0 Å². The van der Waals surface area contributed by atoms with Gasteiger partial charge in [0.1, 0.15) is 0 Å². The molecule has 0 aromatic heterocycles. The largest absolute Gasteiger partial charge is 0.494 e. The minimum atomic E-state index is -0.992. The van der Waals surface area contributed by atoms with Crippen molar-refractivity contribution in [3.05, 3.63) is 23.5 Å². The van der Waals surface area contributed by atoms with E-state index in [1.165, 1.54) is 13.2 Å². The summed E-state index contributed by atoms with van der Waals surface area (Å²) in [5.41, 5.74) is 0.430. The summed E-state index contributed by atoms with van der Waals surface area (Å²) in [5.74, 6) is -1.51. The van der Waals surface area contributed by atoms with E-state index >= 15 is 0 Å². The molecule has 0 amide bonds. The van der Waals surface area contributed by atoms with Crippen LogP contribution in [0.15, 0.2) is 17.0 Å². The molecule has 0 spiro atoms. The molecule has 0 atom stereocenters. The SMILES string of the molecule is COc1cc(CC(=O)O)c(S)cc1F. The van der Waals surface area contributed by atoms with Crippen LogP contribution in [0.25, 0.3) is 0 Å². The molecule has 1 aromatic carbocycles. The van der Waals surface area contributed by atoms with Gasteiger partial charge in [-0.15, -0.1) is 12.6 Å². The van der Waals surface area contributed by atoms with Gasteiger partial charge in [0.25, 0.3) is 0 Å². The maximum atomic E-state index is 13.0. The molecular weight excluding hydrogens is 207 g/mol. The number of benzene rings is 1. The first-order chi connectivity index (χ1) is 6.54. The highest BCUT2D eigenvalue weighted by Gasteiger charge is 2.10. The lowest BCUT2D eigenvalue weighted by atomic mass is 10.1. The molecular formula is C9H9FO3S. The molecule has 1 rings (SSSR count). The summed E-state index contributed by atoms with van der Waals surface area (Å²) < 4.78 is 17.8. The van der Waals surface area contributed by atoms with Crippen LogP contribution >= 0.6 is 12.6 Å². The number of halogens is 1. The fourth-order valence-corrected chi connectivity index (χ4v) is 1.30. The van der Waals surface area contributed by atoms with Gasteiger partial charge in [-0.1, -0.05) is 0 Å². The summed E-state index contributed by atoms with van der Waals surface area (Å²) in [6.45, 7) is 0. The van der Waals surface area contributed by atoms with Gasteiger partial charge in [0.2, 0.25) is 0 Å². The Morgan fingerprint density at radius 3 is 2.79 bits per heavy atom. The van der Waals surface area contributed by atoms with Crippen LogP contribution in [-0.2, 0) is 11.2 Å². The number of aliphatic carboxylic acids is 1. The Labute approximate surface area is 85.9 Å². The van der Waals surface area contributed by atoms with E-state index in [1.807, 2.05) is 0 Å². The first-order valence-corrected chi connectivity index (χ1v) is 4.26. The Morgan fingerprint density at radius 1 is 1.64 bits per heavy atom. The number of carboxylic acid groups (broad SMARTS) is 1. The summed E-state index contributed by atoms with van der Waals surface area (Å²) >= 11 is 3.97. The van der Waals surface area contributed by atoms with Crippen molar-refractivity contribution >= 4 is 18.6 Å². The zero-order valence-corrected chi connectivity index (χ0v) is 8.35. The van der Waals surface area contributed by atoms with Gasteiger partial charge < -0.3 is 9.84 Å². The minimum absolute atomic E-state index is 0.0269. The van der Waals surface area contributed by atoms with Crippen LogP contribution in [-0.4, -0.2) is 18.2 Å². The molecule has 14 heavy (non-hydrogen) atoms. The number of ether oxygens (including phenoxy) is 1. The Hall–Kier alpha value is -1.23. The summed E-state index contributed by atoms with van der Waals surface area (Å²) in [7, 11) is 1.32. The number of carbonyl (C=O) groups is 1. The smallest absolute Gasteiger partial charge is 0.307 e. The second kappa shape index (κ2) is 4.32. The molecule has 3 nitrogen and oxygen atoms in total. The van der Waals surface area contributed by atoms with E-state index in [0.29, 0.717) is 10.5 Å². The monoisotopic (exact) mass is 216 g/mol. The molecule has 0 saturated carbocycles. The highest BCUT2D eigenvalue weighted by atomic mass is 32.1. The first-order valence-electron chi connectivity index (χ1n) is 3.81. The topological polar surface area (TPSA) is 46.5 Å². The van der Waals surface area contributed by atoms with Crippen LogP contribution < -0.4 is 4.74 Å². The van der Waals surface area contributed by atoms with E-state index in [4.69, 9.17) is 9.84 Å². The van der Waals surface area contributed by atoms with Crippen molar-refractivity contribution in [3.63, 3.8) is 0 Å². The molecule has 1 N–H and O–H groups in total. The molecule has 0 bridgehead atoms. The molecule has 5 heteroatoms. The Balaban J connectivity index is 3.10. The molecule has 1 aromatic rings. The fraction of sp³-hybridized carbons (Fsp3) is 0.222. The zero-order valence-electron chi connectivity index (χ0n) is 7.45. The van der Waals surface area contributed by atoms with Crippen molar-refractivity contribution in [1.82, 2.24) is 0 Å². The van der Waals surface area contributed by atoms with Crippen LogP contribution in [0.2, 0.25) is 0 Å². The Kier molecular flexibility index (Phi) is 3.35. The van der Waals surface area contributed by atoms with E-state index in [2.05, 4.69) is 12.6 Å². The predicted molar refractivity (Wildman–Crippen MR) is 51.5 cm³/mol. The van der Waals surface area contributed by atoms with E-state index in [1.54, 1.807) is 0 Å². The van der Waals surface area contributed by atoms with Crippen molar-refractivity contribution < 1.29 is 19.0 Å². The number of hydrogen-bond donors (Lipinski definition) is 2. The summed E-state index contributed by atoms with van der Waals surface area (Å²) in [6, 6.07) is 2.48. The van der Waals surface area contributed by atoms with E-state index in [9.17, 15) is 9.18 Å². The highest BCUT2D eigenvalue weighted by Crippen LogP contribution is 2.24. The lowest BCUT2D eigenvalue weighted by Gasteiger charge is -2.06. The lowest BCUT2D eigenvalue weighted by molar-refractivity contribution is -0.136. The standard InChI is InChI=1S/C9H9FO3S/c1-13-7-2-5(3-9(11)12)8(14)4-6(7)10/h2,4,14H,3H2,1H3,(H,11,12). The van der Waals surface area contributed by atoms with E-state index in [-0.39, 0.29) is 12.2 Å². The first kappa shape index (κ1) is 10.8. The van der Waals surface area contributed by atoms with Crippen LogP contribution in [0.1, 0.15) is 5.56 Å². The second-order valence-corrected chi connectivity index (χ2v) is 3.17. The van der Waals surface area contributed by atoms with Gasteiger partial charge in [0.15, 0.2) is 11.6 Å². The Bertz CT molecular complexity index is 365. The van der Waals surface area contributed by atoms with Crippen molar-refractivity contribution in [2.75, 3.05) is 7.11 Å². The predicted octanol–water partition coefficient (Wildman–Crippen LogP) is 1.75. The molecule has 0 fully saturated rings. The quantitative estimate of drug-likeness (QED) is 0.757. The maximum Gasteiger partial charge on any atom is 0.307 e. The molecule has 0 aliphatic carbocycles. The zero-order chi connectivity index (χ0) is 10.7. The molecule has 0 heterocycles. The second-order valence-electron chi connectivity index (χ2n) is 2.69. The fourth-order valence-electron chi connectivity index (χ4n) is 1.05. The van der Waals surface area contributed by atoms with Crippen LogP contribution in [0, 0.1) is 5.82 Å². The third-order valence-electron chi connectivity index (χ3n) is 1.69. The molecule has 0 unspecified atom stereocenters. The van der Waals surface area contributed by atoms with Crippen molar-refractivity contribution in [3.8, 4) is 5.75 Å². The van der Waals surface area contributed by atoms with Gasteiger partial charge in [0.05, 0.1) is 13.5 Å². The van der Waals surface area contributed by atoms with Crippen molar-refractivity contribution in [2.24, 2.45) is 0 Å². The van der Waals surface area contributed by atoms with E-state index in [0.717, 1.165) is 6.07 Å². The number of thiol groups is 1. The summed E-state index contributed by atoms with van der Waals surface area (Å²) in [6.07, 6.45) is -0.199. The Morgan fingerprint density at radius 2 is 2.29 bits per heavy atom. The van der Waals surface area contributed by atoms with Gasteiger partial charge in [-0.05, 0) is 17.7 Å². The third-order valence-corrected chi connectivity index (χ3v) is 2.11. The van der Waals surface area contributed by atoms with Gasteiger partial charge in [0, 0.05) is 4.90 Å². The lowest BCUT2D eigenvalue weighted by Crippen LogP contribution is -2.02. The van der Waals surface area contributed by atoms with Crippen molar-refractivity contribution in [1.29, 1.82) is 0 Å². The van der Waals surface area contributed by atoms with Gasteiger partial charge in [-0.3, -0.25) is 4.79 Å². The maximum absolute atomic E-state index is 13.0.